The quantitative estimate of drug-likeness (QED) is 0.649. The molecule has 31 heavy (non-hydrogen) atoms. The molecule has 0 saturated heterocycles. The van der Waals surface area contributed by atoms with Gasteiger partial charge < -0.3 is 5.11 Å². The molecule has 0 unspecified atom stereocenters. The summed E-state index contributed by atoms with van der Waals surface area (Å²) in [5.74, 6) is -1.16. The molecular formula is C22H25N3O5S. The van der Waals surface area contributed by atoms with Gasteiger partial charge in [0, 0.05) is 24.9 Å². The lowest BCUT2D eigenvalue weighted by Gasteiger charge is -2.22. The highest BCUT2D eigenvalue weighted by Crippen LogP contribution is 2.34. The SMILES string of the molecule is Cc1ccc([C@@H]2CC(c3ccc(NS(C)(=O)=O)cc3)=NN2C(=O)CCCC(=O)O)cc1. The zero-order valence-corrected chi connectivity index (χ0v) is 18.2. The van der Waals surface area contributed by atoms with E-state index in [9.17, 15) is 18.0 Å². The van der Waals surface area contributed by atoms with Gasteiger partial charge in [-0.1, -0.05) is 42.0 Å². The molecule has 1 heterocycles. The minimum absolute atomic E-state index is 0.0693. The fourth-order valence-electron chi connectivity index (χ4n) is 3.41. The minimum atomic E-state index is -3.37. The highest BCUT2D eigenvalue weighted by atomic mass is 32.2. The van der Waals surface area contributed by atoms with E-state index < -0.39 is 16.0 Å². The van der Waals surface area contributed by atoms with Crippen molar-refractivity contribution < 1.29 is 23.1 Å². The van der Waals surface area contributed by atoms with Gasteiger partial charge in [-0.05, 0) is 36.6 Å². The normalized spacial score (nSPS) is 16.1. The number of aryl methyl sites for hydroxylation is 1. The van der Waals surface area contributed by atoms with Crippen LogP contribution in [0.4, 0.5) is 5.69 Å². The number of benzene rings is 2. The minimum Gasteiger partial charge on any atom is -0.481 e. The van der Waals surface area contributed by atoms with E-state index in [4.69, 9.17) is 5.11 Å². The maximum absolute atomic E-state index is 12.8. The van der Waals surface area contributed by atoms with E-state index in [-0.39, 0.29) is 31.2 Å². The summed E-state index contributed by atoms with van der Waals surface area (Å²) in [5.41, 5.74) is 4.00. The largest absolute Gasteiger partial charge is 0.481 e. The van der Waals surface area contributed by atoms with Crippen molar-refractivity contribution in [1.29, 1.82) is 0 Å². The van der Waals surface area contributed by atoms with Gasteiger partial charge in [0.2, 0.25) is 15.9 Å². The van der Waals surface area contributed by atoms with Crippen molar-refractivity contribution in [2.45, 2.75) is 38.6 Å². The van der Waals surface area contributed by atoms with Crippen molar-refractivity contribution in [2.75, 3.05) is 11.0 Å². The van der Waals surface area contributed by atoms with Gasteiger partial charge in [-0.15, -0.1) is 0 Å². The van der Waals surface area contributed by atoms with E-state index in [1.807, 2.05) is 31.2 Å². The molecule has 1 atom stereocenters. The molecule has 2 N–H and O–H groups in total. The van der Waals surface area contributed by atoms with Gasteiger partial charge in [-0.3, -0.25) is 14.3 Å². The molecule has 1 aliphatic rings. The lowest BCUT2D eigenvalue weighted by molar-refractivity contribution is -0.137. The van der Waals surface area contributed by atoms with Crippen molar-refractivity contribution in [3.63, 3.8) is 0 Å². The molecule has 0 radical (unpaired) electrons. The number of amides is 1. The summed E-state index contributed by atoms with van der Waals surface area (Å²) in [6.45, 7) is 1.99. The summed E-state index contributed by atoms with van der Waals surface area (Å²) in [6.07, 6.45) is 1.87. The molecule has 164 valence electrons. The summed E-state index contributed by atoms with van der Waals surface area (Å²) in [7, 11) is -3.37. The Bertz CT molecular complexity index is 1090. The molecule has 8 nitrogen and oxygen atoms in total. The Morgan fingerprint density at radius 3 is 2.32 bits per heavy atom. The molecule has 0 aliphatic carbocycles. The van der Waals surface area contributed by atoms with Gasteiger partial charge in [0.1, 0.15) is 0 Å². The highest BCUT2D eigenvalue weighted by Gasteiger charge is 2.32. The molecule has 1 amide bonds. The number of nitrogens with one attached hydrogen (secondary N) is 1. The Labute approximate surface area is 181 Å². The smallest absolute Gasteiger partial charge is 0.303 e. The van der Waals surface area contributed by atoms with E-state index in [0.717, 1.165) is 22.9 Å². The van der Waals surface area contributed by atoms with Crippen LogP contribution in [0.15, 0.2) is 53.6 Å². The van der Waals surface area contributed by atoms with Crippen molar-refractivity contribution >= 4 is 33.3 Å². The van der Waals surface area contributed by atoms with Crippen molar-refractivity contribution in [2.24, 2.45) is 5.10 Å². The first kappa shape index (κ1) is 22.5. The molecule has 9 heteroatoms. The monoisotopic (exact) mass is 443 g/mol. The highest BCUT2D eigenvalue weighted by molar-refractivity contribution is 7.92. The number of aliphatic carboxylic acids is 1. The van der Waals surface area contributed by atoms with Crippen LogP contribution >= 0.6 is 0 Å². The van der Waals surface area contributed by atoms with Crippen LogP contribution in [-0.2, 0) is 19.6 Å². The van der Waals surface area contributed by atoms with E-state index >= 15 is 0 Å². The van der Waals surface area contributed by atoms with Gasteiger partial charge >= 0.3 is 5.97 Å². The molecule has 0 saturated carbocycles. The van der Waals surface area contributed by atoms with E-state index in [2.05, 4.69) is 9.82 Å². The van der Waals surface area contributed by atoms with Crippen LogP contribution in [0.5, 0.6) is 0 Å². The molecule has 3 rings (SSSR count). The third-order valence-electron chi connectivity index (χ3n) is 4.93. The summed E-state index contributed by atoms with van der Waals surface area (Å²) in [4.78, 5) is 23.6. The van der Waals surface area contributed by atoms with E-state index in [1.165, 1.54) is 5.01 Å². The molecule has 0 bridgehead atoms. The van der Waals surface area contributed by atoms with Gasteiger partial charge in [-0.25, -0.2) is 13.4 Å². The molecule has 2 aromatic rings. The molecular weight excluding hydrogens is 418 g/mol. The van der Waals surface area contributed by atoms with Crippen LogP contribution in [0.3, 0.4) is 0 Å². The molecule has 0 aromatic heterocycles. The number of sulfonamides is 1. The lowest BCUT2D eigenvalue weighted by Crippen LogP contribution is -2.27. The van der Waals surface area contributed by atoms with Crippen LogP contribution < -0.4 is 4.72 Å². The van der Waals surface area contributed by atoms with Crippen LogP contribution in [0.2, 0.25) is 0 Å². The third kappa shape index (κ3) is 6.14. The fourth-order valence-corrected chi connectivity index (χ4v) is 3.98. The lowest BCUT2D eigenvalue weighted by atomic mass is 9.97. The number of carboxylic acid groups (broad SMARTS) is 1. The van der Waals surface area contributed by atoms with E-state index in [0.29, 0.717) is 17.8 Å². The summed E-state index contributed by atoms with van der Waals surface area (Å²) in [6, 6.07) is 14.4. The maximum atomic E-state index is 12.8. The predicted octanol–water partition coefficient (Wildman–Crippen LogP) is 3.30. The second-order valence-corrected chi connectivity index (χ2v) is 9.36. The first-order valence-corrected chi connectivity index (χ1v) is 11.8. The average molecular weight is 444 g/mol. The predicted molar refractivity (Wildman–Crippen MR) is 118 cm³/mol. The third-order valence-corrected chi connectivity index (χ3v) is 5.54. The molecule has 1 aliphatic heterocycles. The molecule has 2 aromatic carbocycles. The zero-order chi connectivity index (χ0) is 22.6. The van der Waals surface area contributed by atoms with Crippen molar-refractivity contribution in [3.8, 4) is 0 Å². The number of hydrogen-bond acceptors (Lipinski definition) is 5. The Kier molecular flexibility index (Phi) is 6.74. The van der Waals surface area contributed by atoms with Crippen molar-refractivity contribution in [3.05, 3.63) is 65.2 Å². The number of hydrazone groups is 1. The van der Waals surface area contributed by atoms with Crippen molar-refractivity contribution in [1.82, 2.24) is 5.01 Å². The summed E-state index contributed by atoms with van der Waals surface area (Å²) in [5, 5.41) is 14.8. The Balaban J connectivity index is 1.84. The van der Waals surface area contributed by atoms with Gasteiger partial charge in [0.15, 0.2) is 0 Å². The zero-order valence-electron chi connectivity index (χ0n) is 17.4. The van der Waals surface area contributed by atoms with Gasteiger partial charge in [0.25, 0.3) is 0 Å². The second kappa shape index (κ2) is 9.30. The van der Waals surface area contributed by atoms with Gasteiger partial charge in [-0.2, -0.15) is 5.10 Å². The molecule has 0 spiro atoms. The Morgan fingerprint density at radius 1 is 1.10 bits per heavy atom. The average Bonchev–Trinajstić information content (AvgIpc) is 3.13. The number of anilines is 1. The Morgan fingerprint density at radius 2 is 1.74 bits per heavy atom. The van der Waals surface area contributed by atoms with Crippen LogP contribution in [-0.4, -0.2) is 42.4 Å². The number of carbonyl (C=O) groups excluding carboxylic acids is 1. The standard InChI is InChI=1S/C22H25N3O5S/c1-15-6-8-17(9-7-15)20-14-19(23-25(20)21(26)4-3-5-22(27)28)16-10-12-18(13-11-16)24-31(2,29)30/h6-13,20,24H,3-5,14H2,1-2H3,(H,27,28)/t20-/m0/s1. The van der Waals surface area contributed by atoms with E-state index in [1.54, 1.807) is 24.3 Å². The topological polar surface area (TPSA) is 116 Å². The van der Waals surface area contributed by atoms with Crippen LogP contribution in [0.25, 0.3) is 0 Å². The summed E-state index contributed by atoms with van der Waals surface area (Å²) < 4.78 is 25.2. The first-order chi connectivity index (χ1) is 14.6. The second-order valence-electron chi connectivity index (χ2n) is 7.61. The number of hydrogen-bond donors (Lipinski definition) is 2. The fraction of sp³-hybridized carbons (Fsp3) is 0.318. The number of nitrogens with zero attached hydrogens (tertiary/aromatic N) is 2. The number of rotatable bonds is 8. The molecule has 0 fully saturated rings. The van der Waals surface area contributed by atoms with Crippen LogP contribution in [0.1, 0.15) is 48.4 Å². The maximum Gasteiger partial charge on any atom is 0.303 e. The number of carbonyl (C=O) groups is 2. The first-order valence-electron chi connectivity index (χ1n) is 9.88. The van der Waals surface area contributed by atoms with Gasteiger partial charge in [0.05, 0.1) is 18.0 Å². The Hall–Kier alpha value is -3.20. The summed E-state index contributed by atoms with van der Waals surface area (Å²) >= 11 is 0. The number of carboxylic acids is 1. The van der Waals surface area contributed by atoms with Crippen LogP contribution in [0, 0.1) is 6.92 Å².